The lowest BCUT2D eigenvalue weighted by molar-refractivity contribution is -0.120. The fourth-order valence-electron chi connectivity index (χ4n) is 4.99. The summed E-state index contributed by atoms with van der Waals surface area (Å²) in [6, 6.07) is 26.5. The van der Waals surface area contributed by atoms with Crippen molar-refractivity contribution in [2.24, 2.45) is 5.92 Å². The Kier molecular flexibility index (Phi) is 6.60. The van der Waals surface area contributed by atoms with Crippen molar-refractivity contribution in [1.82, 2.24) is 15.2 Å². The van der Waals surface area contributed by atoms with Crippen LogP contribution in [0.2, 0.25) is 0 Å². The van der Waals surface area contributed by atoms with Gasteiger partial charge in [-0.25, -0.2) is 4.98 Å². The molecule has 0 bridgehead atoms. The number of piperidine rings is 1. The van der Waals surface area contributed by atoms with Crippen molar-refractivity contribution in [3.63, 3.8) is 0 Å². The van der Waals surface area contributed by atoms with E-state index in [0.717, 1.165) is 58.2 Å². The fourth-order valence-corrected chi connectivity index (χ4v) is 6.06. The minimum absolute atomic E-state index is 0.0439. The number of aromatic nitrogens is 3. The van der Waals surface area contributed by atoms with Gasteiger partial charge in [-0.1, -0.05) is 30.3 Å². The summed E-state index contributed by atoms with van der Waals surface area (Å²) in [7, 11) is 0. The van der Waals surface area contributed by atoms with E-state index >= 15 is 0 Å². The van der Waals surface area contributed by atoms with Crippen molar-refractivity contribution in [2.75, 3.05) is 23.3 Å². The number of thiazole rings is 1. The summed E-state index contributed by atoms with van der Waals surface area (Å²) in [5, 5.41) is 13.1. The lowest BCUT2D eigenvalue weighted by Crippen LogP contribution is -2.41. The van der Waals surface area contributed by atoms with E-state index in [1.165, 1.54) is 15.8 Å². The first-order valence-corrected chi connectivity index (χ1v) is 13.8. The minimum atomic E-state index is -0.103. The van der Waals surface area contributed by atoms with E-state index in [1.54, 1.807) is 11.3 Å². The maximum atomic E-state index is 13.1. The Labute approximate surface area is 226 Å². The number of carbonyl (C=O) groups excluding carboxylic acids is 1. The highest BCUT2D eigenvalue weighted by molar-refractivity contribution is 7.21. The number of carbonyl (C=O) groups is 1. The number of aryl methyl sites for hydroxylation is 2. The summed E-state index contributed by atoms with van der Waals surface area (Å²) < 4.78 is 1.19. The maximum Gasteiger partial charge on any atom is 0.229 e. The van der Waals surface area contributed by atoms with Crippen LogP contribution in [0.5, 0.6) is 0 Å². The van der Waals surface area contributed by atoms with Gasteiger partial charge in [0.2, 0.25) is 5.91 Å². The number of hydrogen-bond donors (Lipinski definition) is 1. The van der Waals surface area contributed by atoms with E-state index in [9.17, 15) is 4.79 Å². The van der Waals surface area contributed by atoms with Crippen LogP contribution in [-0.2, 0) is 4.79 Å². The van der Waals surface area contributed by atoms with Gasteiger partial charge in [0.1, 0.15) is 5.01 Å². The molecule has 1 unspecified atom stereocenters. The van der Waals surface area contributed by atoms with Gasteiger partial charge in [0.15, 0.2) is 5.82 Å². The Morgan fingerprint density at radius 2 is 1.82 bits per heavy atom. The molecule has 0 radical (unpaired) electrons. The predicted molar refractivity (Wildman–Crippen MR) is 156 cm³/mol. The zero-order valence-corrected chi connectivity index (χ0v) is 22.3. The summed E-state index contributed by atoms with van der Waals surface area (Å²) in [5.74, 6) is 0.756. The van der Waals surface area contributed by atoms with Gasteiger partial charge in [-0.3, -0.25) is 4.79 Å². The molecular weight excluding hydrogens is 490 g/mol. The first-order chi connectivity index (χ1) is 18.5. The molecule has 1 fully saturated rings. The van der Waals surface area contributed by atoms with Crippen molar-refractivity contribution in [2.45, 2.75) is 26.7 Å². The van der Waals surface area contributed by atoms with Crippen molar-refractivity contribution < 1.29 is 4.79 Å². The molecule has 2 aromatic heterocycles. The highest BCUT2D eigenvalue weighted by Crippen LogP contribution is 2.32. The third-order valence-corrected chi connectivity index (χ3v) is 8.20. The van der Waals surface area contributed by atoms with Gasteiger partial charge in [0.25, 0.3) is 0 Å². The van der Waals surface area contributed by atoms with Gasteiger partial charge in [-0.2, -0.15) is 0 Å². The number of nitrogens with zero attached hydrogens (tertiary/aromatic N) is 4. The molecule has 1 aliphatic heterocycles. The van der Waals surface area contributed by atoms with Crippen LogP contribution in [0.1, 0.15) is 24.0 Å². The van der Waals surface area contributed by atoms with Gasteiger partial charge in [-0.05, 0) is 86.3 Å². The largest absolute Gasteiger partial charge is 0.354 e. The highest BCUT2D eigenvalue weighted by atomic mass is 32.1. The van der Waals surface area contributed by atoms with Crippen LogP contribution < -0.4 is 10.2 Å². The molecule has 6 rings (SSSR count). The lowest BCUT2D eigenvalue weighted by Gasteiger charge is -2.32. The number of nitrogens with one attached hydrogen (secondary N) is 1. The Morgan fingerprint density at radius 3 is 2.61 bits per heavy atom. The average molecular weight is 520 g/mol. The summed E-state index contributed by atoms with van der Waals surface area (Å²) in [5.41, 5.74) is 7.23. The van der Waals surface area contributed by atoms with E-state index in [2.05, 4.69) is 64.6 Å². The molecule has 1 aliphatic rings. The van der Waals surface area contributed by atoms with Crippen molar-refractivity contribution >= 4 is 39.0 Å². The standard InChI is InChI=1S/C31H29N5OS/c1-20-9-14-27-28(18-20)38-31(33-27)22-10-12-24(13-11-22)32-30(37)23-7-5-17-36(19-23)29-16-15-26(34-35-29)25-8-4-3-6-21(25)2/h3-4,6,8-16,18,23H,5,7,17,19H2,1-2H3,(H,32,37). The number of rotatable bonds is 5. The highest BCUT2D eigenvalue weighted by Gasteiger charge is 2.27. The second-order valence-corrected chi connectivity index (χ2v) is 11.0. The van der Waals surface area contributed by atoms with Crippen LogP contribution >= 0.6 is 11.3 Å². The van der Waals surface area contributed by atoms with Crippen LogP contribution in [0.4, 0.5) is 11.5 Å². The zero-order chi connectivity index (χ0) is 26.1. The van der Waals surface area contributed by atoms with Gasteiger partial charge in [0.05, 0.1) is 21.8 Å². The number of amides is 1. The first-order valence-electron chi connectivity index (χ1n) is 13.0. The summed E-state index contributed by atoms with van der Waals surface area (Å²) in [4.78, 5) is 20.1. The smallest absolute Gasteiger partial charge is 0.229 e. The molecule has 1 saturated heterocycles. The normalized spacial score (nSPS) is 15.5. The van der Waals surface area contributed by atoms with E-state index in [1.807, 2.05) is 48.5 Å². The average Bonchev–Trinajstić information content (AvgIpc) is 3.37. The number of fused-ring (bicyclic) bond motifs is 1. The van der Waals surface area contributed by atoms with Crippen LogP contribution in [-0.4, -0.2) is 34.2 Å². The first kappa shape index (κ1) is 24.2. The van der Waals surface area contributed by atoms with Crippen LogP contribution in [0.15, 0.2) is 78.9 Å². The van der Waals surface area contributed by atoms with Crippen molar-refractivity contribution in [1.29, 1.82) is 0 Å². The monoisotopic (exact) mass is 519 g/mol. The molecule has 6 nitrogen and oxygen atoms in total. The van der Waals surface area contributed by atoms with E-state index < -0.39 is 0 Å². The molecule has 7 heteroatoms. The molecule has 3 heterocycles. The SMILES string of the molecule is Cc1ccc2nc(-c3ccc(NC(=O)C4CCCN(c5ccc(-c6ccccc6C)nn5)C4)cc3)sc2c1. The molecule has 0 aliphatic carbocycles. The molecule has 1 amide bonds. The Morgan fingerprint density at radius 1 is 0.974 bits per heavy atom. The fraction of sp³-hybridized carbons (Fsp3) is 0.226. The molecule has 1 N–H and O–H groups in total. The number of anilines is 2. The lowest BCUT2D eigenvalue weighted by atomic mass is 9.97. The maximum absolute atomic E-state index is 13.1. The summed E-state index contributed by atoms with van der Waals surface area (Å²) in [6.07, 6.45) is 1.80. The van der Waals surface area contributed by atoms with E-state index in [4.69, 9.17) is 4.98 Å². The topological polar surface area (TPSA) is 71.0 Å². The summed E-state index contributed by atoms with van der Waals surface area (Å²) in [6.45, 7) is 5.68. The molecule has 38 heavy (non-hydrogen) atoms. The number of hydrogen-bond acceptors (Lipinski definition) is 6. The van der Waals surface area contributed by atoms with Crippen LogP contribution in [0.3, 0.4) is 0 Å². The predicted octanol–water partition coefficient (Wildman–Crippen LogP) is 6.89. The molecule has 0 saturated carbocycles. The molecule has 190 valence electrons. The third-order valence-electron chi connectivity index (χ3n) is 7.13. The molecule has 5 aromatic rings. The van der Waals surface area contributed by atoms with Gasteiger partial charge in [-0.15, -0.1) is 21.5 Å². The summed E-state index contributed by atoms with van der Waals surface area (Å²) >= 11 is 1.69. The van der Waals surface area contributed by atoms with Crippen molar-refractivity contribution in [3.8, 4) is 21.8 Å². The molecule has 1 atom stereocenters. The Balaban J connectivity index is 1.10. The molecular formula is C31H29N5OS. The minimum Gasteiger partial charge on any atom is -0.354 e. The van der Waals surface area contributed by atoms with Crippen LogP contribution in [0.25, 0.3) is 32.0 Å². The van der Waals surface area contributed by atoms with Crippen LogP contribution in [0, 0.1) is 19.8 Å². The van der Waals surface area contributed by atoms with Crippen molar-refractivity contribution in [3.05, 3.63) is 90.0 Å². The zero-order valence-electron chi connectivity index (χ0n) is 21.5. The number of benzene rings is 3. The Hall–Kier alpha value is -4.10. The molecule has 3 aromatic carbocycles. The third kappa shape index (κ3) is 5.02. The Bertz CT molecular complexity index is 1590. The van der Waals surface area contributed by atoms with Gasteiger partial charge >= 0.3 is 0 Å². The second kappa shape index (κ2) is 10.3. The molecule has 0 spiro atoms. The van der Waals surface area contributed by atoms with E-state index in [0.29, 0.717) is 6.54 Å². The second-order valence-electron chi connectivity index (χ2n) is 9.93. The van der Waals surface area contributed by atoms with Gasteiger partial charge < -0.3 is 10.2 Å². The van der Waals surface area contributed by atoms with Gasteiger partial charge in [0, 0.05) is 29.9 Å². The quantitative estimate of drug-likeness (QED) is 0.274. The van der Waals surface area contributed by atoms with E-state index in [-0.39, 0.29) is 11.8 Å².